The van der Waals surface area contributed by atoms with Gasteiger partial charge in [-0.05, 0) is 38.6 Å². The maximum absolute atomic E-state index is 11.6. The fourth-order valence-corrected chi connectivity index (χ4v) is 2.82. The first-order chi connectivity index (χ1) is 8.54. The fraction of sp³-hybridized carbons (Fsp3) is 0.929. The van der Waals surface area contributed by atoms with Crippen molar-refractivity contribution in [3.05, 3.63) is 0 Å². The quantitative estimate of drug-likeness (QED) is 0.730. The van der Waals surface area contributed by atoms with Gasteiger partial charge in [0, 0.05) is 13.0 Å². The number of nitrogens with two attached hydrogens (primary N) is 1. The van der Waals surface area contributed by atoms with Crippen LogP contribution in [0, 0.1) is 5.92 Å². The van der Waals surface area contributed by atoms with Crippen LogP contribution < -0.4 is 11.1 Å². The van der Waals surface area contributed by atoms with Gasteiger partial charge in [0.2, 0.25) is 5.91 Å². The van der Waals surface area contributed by atoms with Gasteiger partial charge in [-0.3, -0.25) is 4.79 Å². The molecule has 0 saturated heterocycles. The number of rotatable bonds is 7. The maximum Gasteiger partial charge on any atom is 0.237 e. The Kier molecular flexibility index (Phi) is 6.09. The maximum atomic E-state index is 11.6. The summed E-state index contributed by atoms with van der Waals surface area (Å²) in [5, 5.41) is 3.11. The lowest BCUT2D eigenvalue weighted by atomic mass is 9.79. The van der Waals surface area contributed by atoms with Crippen LogP contribution in [0.3, 0.4) is 0 Å². The molecule has 0 bridgehead atoms. The first kappa shape index (κ1) is 15.4. The number of nitrogens with one attached hydrogen (secondary N) is 1. The summed E-state index contributed by atoms with van der Waals surface area (Å²) in [4.78, 5) is 11.6. The lowest BCUT2D eigenvalue weighted by Gasteiger charge is -2.38. The Morgan fingerprint density at radius 1 is 1.61 bits per heavy atom. The van der Waals surface area contributed by atoms with E-state index < -0.39 is 5.54 Å². The highest BCUT2D eigenvalue weighted by molar-refractivity contribution is 5.84. The molecule has 0 spiro atoms. The zero-order valence-corrected chi connectivity index (χ0v) is 12.0. The summed E-state index contributed by atoms with van der Waals surface area (Å²) < 4.78 is 5.96. The predicted molar refractivity (Wildman–Crippen MR) is 73.3 cm³/mol. The van der Waals surface area contributed by atoms with Crippen molar-refractivity contribution >= 4 is 5.91 Å². The van der Waals surface area contributed by atoms with Gasteiger partial charge in [-0.1, -0.05) is 20.3 Å². The van der Waals surface area contributed by atoms with Crippen LogP contribution in [0.15, 0.2) is 0 Å². The Balaban J connectivity index is 2.46. The van der Waals surface area contributed by atoms with Crippen molar-refractivity contribution in [2.75, 3.05) is 13.7 Å². The molecule has 4 nitrogen and oxygen atoms in total. The van der Waals surface area contributed by atoms with E-state index in [1.165, 1.54) is 12.8 Å². The summed E-state index contributed by atoms with van der Waals surface area (Å²) in [7, 11) is 1.81. The third-order valence-corrected chi connectivity index (χ3v) is 4.05. The first-order valence-electron chi connectivity index (χ1n) is 7.14. The average molecular weight is 256 g/mol. The molecule has 0 aromatic heterocycles. The highest BCUT2D eigenvalue weighted by Gasteiger charge is 2.40. The van der Waals surface area contributed by atoms with E-state index in [1.807, 2.05) is 7.05 Å². The monoisotopic (exact) mass is 256 g/mol. The van der Waals surface area contributed by atoms with Crippen LogP contribution in [0.5, 0.6) is 0 Å². The van der Waals surface area contributed by atoms with Crippen LogP contribution in [0.25, 0.3) is 0 Å². The highest BCUT2D eigenvalue weighted by Crippen LogP contribution is 2.30. The second-order valence-corrected chi connectivity index (χ2v) is 5.64. The number of hydrogen-bond donors (Lipinski definition) is 2. The Labute approximate surface area is 111 Å². The molecule has 1 aliphatic carbocycles. The minimum absolute atomic E-state index is 0.165. The third kappa shape index (κ3) is 3.95. The van der Waals surface area contributed by atoms with Crippen molar-refractivity contribution < 1.29 is 9.53 Å². The molecular formula is C14H28N2O2. The predicted octanol–water partition coefficient (Wildman–Crippen LogP) is 1.83. The van der Waals surface area contributed by atoms with Crippen molar-refractivity contribution in [2.24, 2.45) is 11.7 Å². The minimum Gasteiger partial charge on any atom is -0.378 e. The molecule has 0 aliphatic heterocycles. The van der Waals surface area contributed by atoms with Gasteiger partial charge in [0.05, 0.1) is 11.6 Å². The summed E-state index contributed by atoms with van der Waals surface area (Å²) in [6.07, 6.45) is 6.11. The summed E-state index contributed by atoms with van der Waals surface area (Å²) in [6.45, 7) is 5.19. The third-order valence-electron chi connectivity index (χ3n) is 4.05. The largest absolute Gasteiger partial charge is 0.378 e. The Hall–Kier alpha value is -0.610. The molecule has 1 saturated carbocycles. The van der Waals surface area contributed by atoms with E-state index in [-0.39, 0.29) is 12.0 Å². The van der Waals surface area contributed by atoms with Gasteiger partial charge in [-0.2, -0.15) is 0 Å². The number of amides is 1. The van der Waals surface area contributed by atoms with Crippen molar-refractivity contribution in [1.82, 2.24) is 5.32 Å². The van der Waals surface area contributed by atoms with Gasteiger partial charge < -0.3 is 15.8 Å². The van der Waals surface area contributed by atoms with Crippen molar-refractivity contribution in [1.29, 1.82) is 0 Å². The lowest BCUT2D eigenvalue weighted by molar-refractivity contribution is -0.128. The van der Waals surface area contributed by atoms with Gasteiger partial charge in [-0.15, -0.1) is 0 Å². The fourth-order valence-electron chi connectivity index (χ4n) is 2.82. The molecule has 4 heteroatoms. The number of carbonyl (C=O) groups excluding carboxylic acids is 1. The SMILES string of the molecule is CCCC(C)COC1CCCC(NC)(C(N)=O)C1. The molecule has 0 radical (unpaired) electrons. The van der Waals surface area contributed by atoms with Crippen LogP contribution in [0.1, 0.15) is 52.4 Å². The molecular weight excluding hydrogens is 228 g/mol. The average Bonchev–Trinajstić information content (AvgIpc) is 2.36. The van der Waals surface area contributed by atoms with Crippen LogP contribution in [-0.4, -0.2) is 31.2 Å². The van der Waals surface area contributed by atoms with Gasteiger partial charge in [-0.25, -0.2) is 0 Å². The molecule has 1 aliphatic rings. The van der Waals surface area contributed by atoms with Crippen LogP contribution in [0.2, 0.25) is 0 Å². The van der Waals surface area contributed by atoms with Gasteiger partial charge in [0.25, 0.3) is 0 Å². The highest BCUT2D eigenvalue weighted by atomic mass is 16.5. The molecule has 0 heterocycles. The lowest BCUT2D eigenvalue weighted by Crippen LogP contribution is -2.57. The van der Waals surface area contributed by atoms with Gasteiger partial charge in [0.1, 0.15) is 0 Å². The Bertz CT molecular complexity index is 271. The molecule has 0 aromatic carbocycles. The second-order valence-electron chi connectivity index (χ2n) is 5.64. The number of ether oxygens (including phenoxy) is 1. The topological polar surface area (TPSA) is 64.3 Å². The molecule has 1 fully saturated rings. The number of likely N-dealkylation sites (N-methyl/N-ethyl adjacent to an activating group) is 1. The molecule has 1 rings (SSSR count). The minimum atomic E-state index is -0.559. The van der Waals surface area contributed by atoms with Crippen molar-refractivity contribution in [2.45, 2.75) is 64.0 Å². The normalized spacial score (nSPS) is 30.1. The van der Waals surface area contributed by atoms with E-state index >= 15 is 0 Å². The Morgan fingerprint density at radius 3 is 2.89 bits per heavy atom. The van der Waals surface area contributed by atoms with E-state index in [1.54, 1.807) is 0 Å². The molecule has 3 unspecified atom stereocenters. The zero-order valence-electron chi connectivity index (χ0n) is 12.0. The smallest absolute Gasteiger partial charge is 0.237 e. The van der Waals surface area contributed by atoms with Crippen LogP contribution in [-0.2, 0) is 9.53 Å². The van der Waals surface area contributed by atoms with Crippen molar-refractivity contribution in [3.63, 3.8) is 0 Å². The zero-order chi connectivity index (χ0) is 13.6. The molecule has 0 aromatic rings. The molecule has 3 atom stereocenters. The summed E-state index contributed by atoms with van der Waals surface area (Å²) >= 11 is 0. The van der Waals surface area contributed by atoms with E-state index in [0.717, 1.165) is 25.9 Å². The summed E-state index contributed by atoms with van der Waals surface area (Å²) in [5.41, 5.74) is 4.96. The van der Waals surface area contributed by atoms with Gasteiger partial charge in [0.15, 0.2) is 0 Å². The van der Waals surface area contributed by atoms with E-state index in [9.17, 15) is 4.79 Å². The van der Waals surface area contributed by atoms with Crippen LogP contribution >= 0.6 is 0 Å². The number of carbonyl (C=O) groups is 1. The first-order valence-corrected chi connectivity index (χ1v) is 7.14. The van der Waals surface area contributed by atoms with Crippen molar-refractivity contribution in [3.8, 4) is 0 Å². The second kappa shape index (κ2) is 7.10. The molecule has 18 heavy (non-hydrogen) atoms. The molecule has 1 amide bonds. The van der Waals surface area contributed by atoms with E-state index in [4.69, 9.17) is 10.5 Å². The van der Waals surface area contributed by atoms with Gasteiger partial charge >= 0.3 is 0 Å². The summed E-state index contributed by atoms with van der Waals surface area (Å²) in [6, 6.07) is 0. The Morgan fingerprint density at radius 2 is 2.33 bits per heavy atom. The molecule has 106 valence electrons. The van der Waals surface area contributed by atoms with E-state index in [0.29, 0.717) is 12.3 Å². The number of primary amides is 1. The number of hydrogen-bond acceptors (Lipinski definition) is 3. The van der Waals surface area contributed by atoms with E-state index in [2.05, 4.69) is 19.2 Å². The van der Waals surface area contributed by atoms with Crippen LogP contribution in [0.4, 0.5) is 0 Å². The molecule has 3 N–H and O–H groups in total. The standard InChI is InChI=1S/C14H28N2O2/c1-4-6-11(2)10-18-12-7-5-8-14(9-12,16-3)13(15)17/h11-12,16H,4-10H2,1-3H3,(H2,15,17). The summed E-state index contributed by atoms with van der Waals surface area (Å²) in [5.74, 6) is 0.342.